The quantitative estimate of drug-likeness (QED) is 0.356. The van der Waals surface area contributed by atoms with E-state index in [2.05, 4.69) is 37.1 Å². The Bertz CT molecular complexity index is 79.8. The molecule has 0 fully saturated rings. The van der Waals surface area contributed by atoms with Crippen LogP contribution in [0.2, 0.25) is 0 Å². The van der Waals surface area contributed by atoms with E-state index in [1.807, 2.05) is 0 Å². The normalized spacial score (nSPS) is 11.8. The summed E-state index contributed by atoms with van der Waals surface area (Å²) in [6.45, 7) is 0. The molecule has 1 rings (SSSR count). The van der Waals surface area contributed by atoms with Gasteiger partial charge in [0, 0.05) is 0 Å². The van der Waals surface area contributed by atoms with Crippen molar-refractivity contribution in [3.8, 4) is 0 Å². The molecule has 0 spiro atoms. The summed E-state index contributed by atoms with van der Waals surface area (Å²) >= 11 is -0.380. The van der Waals surface area contributed by atoms with Crippen LogP contribution in [0, 0.1) is 0 Å². The zero-order valence-corrected chi connectivity index (χ0v) is 9.11. The first-order valence-corrected chi connectivity index (χ1v) is 7.52. The van der Waals surface area contributed by atoms with Crippen LogP contribution in [0.1, 0.15) is 0 Å². The Morgan fingerprint density at radius 1 is 1.00 bits per heavy atom. The Hall–Kier alpha value is 0.192. The van der Waals surface area contributed by atoms with Crippen molar-refractivity contribution in [2.24, 2.45) is 11.7 Å². The van der Waals surface area contributed by atoms with Crippen LogP contribution in [0.5, 0.6) is 0 Å². The van der Waals surface area contributed by atoms with Crippen molar-refractivity contribution in [1.29, 1.82) is 0 Å². The Morgan fingerprint density at radius 3 is 1.88 bits per heavy atom. The second-order valence-corrected chi connectivity index (χ2v) is 5.64. The Labute approximate surface area is 60.9 Å². The average Bonchev–Trinajstić information content (AvgIpc) is 1.96. The zero-order valence-electron chi connectivity index (χ0n) is 4.62. The molecular weight excluding hydrogens is 292 g/mol. The first-order chi connectivity index (χ1) is 4.00. The molecule has 2 nitrogen and oxygen atoms in total. The maximum atomic E-state index is 4.00. The summed E-state index contributed by atoms with van der Waals surface area (Å²) in [4.78, 5) is 0. The molecule has 1 aliphatic heterocycles. The summed E-state index contributed by atoms with van der Waals surface area (Å²) in [6, 6.07) is 0. The third-order valence-corrected chi connectivity index (χ3v) is 4.12. The molecule has 3 heteroatoms. The Morgan fingerprint density at radius 2 is 1.75 bits per heavy atom. The van der Waals surface area contributed by atoms with Gasteiger partial charge in [-0.1, -0.05) is 0 Å². The van der Waals surface area contributed by atoms with E-state index < -0.39 is 0 Å². The second-order valence-electron chi connectivity index (χ2n) is 1.15. The van der Waals surface area contributed by atoms with Crippen molar-refractivity contribution in [2.45, 2.75) is 0 Å². The minimum absolute atomic E-state index is 0.380. The largest absolute Gasteiger partial charge is 0.274 e. The predicted molar refractivity (Wildman–Crippen MR) is 38.5 cm³/mol. The van der Waals surface area contributed by atoms with Gasteiger partial charge in [0.1, 0.15) is 0 Å². The maximum Gasteiger partial charge on any atom is -0.274 e. The van der Waals surface area contributed by atoms with Crippen molar-refractivity contribution in [1.82, 2.24) is 0 Å². The number of hydrazine groups is 1. The molecule has 8 heavy (non-hydrogen) atoms. The molecule has 1 heterocycles. The number of hydrogen-bond donors (Lipinski definition) is 2. The maximum absolute atomic E-state index is 4.00. The van der Waals surface area contributed by atoms with Gasteiger partial charge < -0.3 is 0 Å². The molecule has 0 radical (unpaired) electrons. The third kappa shape index (κ3) is 4.35. The summed E-state index contributed by atoms with van der Waals surface area (Å²) in [6.07, 6.45) is 6.38. The van der Waals surface area contributed by atoms with Crippen molar-refractivity contribution in [2.75, 3.05) is 0 Å². The Balaban J connectivity index is 0.000000222. The van der Waals surface area contributed by atoms with Crippen LogP contribution in [0.4, 0.5) is 0 Å². The molecule has 0 aliphatic carbocycles. The third-order valence-electron chi connectivity index (χ3n) is 0.667. The molecule has 0 atom stereocenters. The molecule has 0 saturated heterocycles. The van der Waals surface area contributed by atoms with Crippen LogP contribution in [0.3, 0.4) is 0 Å². The van der Waals surface area contributed by atoms with E-state index in [1.165, 1.54) is 0 Å². The van der Waals surface area contributed by atoms with E-state index in [0.29, 0.717) is 0 Å². The molecule has 42 valence electrons. The molecule has 0 unspecified atom stereocenters. The van der Waals surface area contributed by atoms with E-state index >= 15 is 0 Å². The molecular formula is C5H9N2Tl. The number of nitrogens with two attached hydrogens (primary N) is 2. The smallest absolute Gasteiger partial charge is 0.274 e. The summed E-state index contributed by atoms with van der Waals surface area (Å²) in [7, 11) is 0. The van der Waals surface area contributed by atoms with Crippen LogP contribution in [0.25, 0.3) is 0 Å². The van der Waals surface area contributed by atoms with Crippen LogP contribution in [-0.4, -0.2) is 27.3 Å². The number of rotatable bonds is 0. The molecule has 0 bridgehead atoms. The molecule has 0 saturated carbocycles. The van der Waals surface area contributed by atoms with Crippen molar-refractivity contribution in [3.05, 3.63) is 21.9 Å². The van der Waals surface area contributed by atoms with Gasteiger partial charge in [-0.15, -0.1) is 0 Å². The number of allylic oxidation sites excluding steroid dienone is 3. The van der Waals surface area contributed by atoms with Gasteiger partial charge in [-0.2, -0.15) is 0 Å². The molecule has 0 aromatic rings. The van der Waals surface area contributed by atoms with E-state index in [4.69, 9.17) is 0 Å². The zero-order chi connectivity index (χ0) is 6.24. The van der Waals surface area contributed by atoms with E-state index in [0.717, 1.165) is 0 Å². The van der Waals surface area contributed by atoms with Crippen molar-refractivity contribution < 1.29 is 0 Å². The van der Waals surface area contributed by atoms with Gasteiger partial charge >= 0.3 is 49.2 Å². The summed E-state index contributed by atoms with van der Waals surface area (Å²) < 4.78 is 4.67. The molecule has 0 aromatic carbocycles. The minimum atomic E-state index is -0.380. The minimum Gasteiger partial charge on any atom is -0.274 e. The molecule has 0 amide bonds. The number of hydrogen-bond acceptors (Lipinski definition) is 2. The van der Waals surface area contributed by atoms with Gasteiger partial charge in [0.05, 0.1) is 0 Å². The Kier molecular flexibility index (Phi) is 7.36. The first kappa shape index (κ1) is 8.19. The van der Waals surface area contributed by atoms with Crippen molar-refractivity contribution in [3.63, 3.8) is 0 Å². The summed E-state index contributed by atoms with van der Waals surface area (Å²) in [5.41, 5.74) is 0. The fourth-order valence-electron chi connectivity index (χ4n) is 0.385. The van der Waals surface area contributed by atoms with Crippen LogP contribution in [0.15, 0.2) is 21.9 Å². The SMILES string of the molecule is C1=C[CH]=[Tl][CH]=C1.NN. The van der Waals surface area contributed by atoms with E-state index in [1.54, 1.807) is 0 Å². The average molecular weight is 302 g/mol. The van der Waals surface area contributed by atoms with Gasteiger partial charge in [-0.25, -0.2) is 0 Å². The van der Waals surface area contributed by atoms with Gasteiger partial charge in [0.25, 0.3) is 0 Å². The van der Waals surface area contributed by atoms with Gasteiger partial charge in [-0.05, 0) is 0 Å². The van der Waals surface area contributed by atoms with E-state index in [9.17, 15) is 0 Å². The van der Waals surface area contributed by atoms with Gasteiger partial charge in [0.15, 0.2) is 0 Å². The van der Waals surface area contributed by atoms with Gasteiger partial charge in [-0.3, -0.25) is 11.7 Å². The summed E-state index contributed by atoms with van der Waals surface area (Å²) in [5, 5.41) is 0. The fourth-order valence-corrected chi connectivity index (χ4v) is 2.88. The van der Waals surface area contributed by atoms with Crippen LogP contribution < -0.4 is 11.7 Å². The monoisotopic (exact) mass is 302 g/mol. The first-order valence-electron chi connectivity index (χ1n) is 2.33. The standard InChI is InChI=1S/C5H5.H4N2.Tl/c1-3-5-4-2;1-2;/h1-5H;1-2H2;. The van der Waals surface area contributed by atoms with E-state index in [-0.39, 0.29) is 23.7 Å². The predicted octanol–water partition coefficient (Wildman–Crippen LogP) is -0.605. The van der Waals surface area contributed by atoms with Crippen LogP contribution >= 0.6 is 0 Å². The summed E-state index contributed by atoms with van der Waals surface area (Å²) in [5.74, 6) is 8.00. The molecule has 4 N–H and O–H groups in total. The fraction of sp³-hybridized carbons (Fsp3) is 0. The van der Waals surface area contributed by atoms with Crippen molar-refractivity contribution >= 4 is 27.3 Å². The molecule has 0 aromatic heterocycles. The topological polar surface area (TPSA) is 52.0 Å². The second kappa shape index (κ2) is 7.19. The van der Waals surface area contributed by atoms with Gasteiger partial charge in [0.2, 0.25) is 0 Å². The molecule has 1 aliphatic rings. The van der Waals surface area contributed by atoms with Crippen LogP contribution in [-0.2, 0) is 0 Å².